The molecule has 2 rings (SSSR count). The Kier molecular flexibility index (Phi) is 3.05. The molecule has 2 heterocycles. The molecule has 2 N–H and O–H groups in total. The van der Waals surface area contributed by atoms with Crippen LogP contribution >= 0.6 is 0 Å². The Labute approximate surface area is 93.6 Å². The lowest BCUT2D eigenvalue weighted by Gasteiger charge is -2.11. The fraction of sp³-hybridized carbons (Fsp3) is 0.455. The van der Waals surface area contributed by atoms with Gasteiger partial charge in [0.15, 0.2) is 5.76 Å². The van der Waals surface area contributed by atoms with Crippen molar-refractivity contribution in [3.63, 3.8) is 0 Å². The van der Waals surface area contributed by atoms with Crippen LogP contribution in [0.2, 0.25) is 0 Å². The maximum atomic E-state index is 5.93. The summed E-state index contributed by atoms with van der Waals surface area (Å²) in [5.41, 5.74) is 5.93. The summed E-state index contributed by atoms with van der Waals surface area (Å²) >= 11 is 0. The van der Waals surface area contributed by atoms with Gasteiger partial charge in [0.1, 0.15) is 0 Å². The molecule has 0 bridgehead atoms. The molecule has 0 saturated heterocycles. The molecule has 0 amide bonds. The summed E-state index contributed by atoms with van der Waals surface area (Å²) in [6.07, 6.45) is 2.16. The Morgan fingerprint density at radius 3 is 2.88 bits per heavy atom. The topological polar surface area (TPSA) is 78.1 Å². The molecule has 0 aliphatic heterocycles. The van der Waals surface area contributed by atoms with E-state index in [-0.39, 0.29) is 6.04 Å². The van der Waals surface area contributed by atoms with Gasteiger partial charge in [-0.25, -0.2) is 0 Å². The highest BCUT2D eigenvalue weighted by molar-refractivity contribution is 5.44. The van der Waals surface area contributed by atoms with Gasteiger partial charge in [0.2, 0.25) is 11.7 Å². The van der Waals surface area contributed by atoms with Gasteiger partial charge in [-0.1, -0.05) is 19.0 Å². The van der Waals surface area contributed by atoms with E-state index in [2.05, 4.69) is 24.0 Å². The van der Waals surface area contributed by atoms with Crippen molar-refractivity contribution in [2.24, 2.45) is 11.7 Å². The van der Waals surface area contributed by atoms with E-state index in [0.29, 0.717) is 29.8 Å². The van der Waals surface area contributed by atoms with Crippen molar-refractivity contribution in [1.82, 2.24) is 10.1 Å². The minimum absolute atomic E-state index is 0.0323. The second-order valence-corrected chi connectivity index (χ2v) is 4.10. The third kappa shape index (κ3) is 2.30. The predicted molar refractivity (Wildman–Crippen MR) is 58.5 cm³/mol. The minimum Gasteiger partial charge on any atom is -0.461 e. The lowest BCUT2D eigenvalue weighted by molar-refractivity contribution is 0.352. The van der Waals surface area contributed by atoms with Crippen LogP contribution in [0.5, 0.6) is 0 Å². The van der Waals surface area contributed by atoms with Gasteiger partial charge in [-0.15, -0.1) is 0 Å². The lowest BCUT2D eigenvalue weighted by atomic mass is 10.0. The first kappa shape index (κ1) is 10.9. The summed E-state index contributed by atoms with van der Waals surface area (Å²) in [5.74, 6) is 2.01. The summed E-state index contributed by atoms with van der Waals surface area (Å²) in [6.45, 7) is 4.13. The molecule has 16 heavy (non-hydrogen) atoms. The van der Waals surface area contributed by atoms with E-state index < -0.39 is 0 Å². The van der Waals surface area contributed by atoms with Crippen LogP contribution in [0.4, 0.5) is 0 Å². The fourth-order valence-corrected chi connectivity index (χ4v) is 1.28. The van der Waals surface area contributed by atoms with E-state index in [1.54, 1.807) is 18.4 Å². The summed E-state index contributed by atoms with van der Waals surface area (Å²) < 4.78 is 10.3. The molecule has 86 valence electrons. The monoisotopic (exact) mass is 221 g/mol. The third-order valence-electron chi connectivity index (χ3n) is 2.48. The van der Waals surface area contributed by atoms with Gasteiger partial charge in [-0.3, -0.25) is 0 Å². The van der Waals surface area contributed by atoms with Gasteiger partial charge in [0, 0.05) is 12.5 Å². The van der Waals surface area contributed by atoms with E-state index in [1.807, 2.05) is 0 Å². The van der Waals surface area contributed by atoms with Crippen LogP contribution in [0.25, 0.3) is 11.6 Å². The fourth-order valence-electron chi connectivity index (χ4n) is 1.28. The number of aromatic nitrogens is 2. The molecule has 0 spiro atoms. The number of hydrogen-bond donors (Lipinski definition) is 1. The summed E-state index contributed by atoms with van der Waals surface area (Å²) in [6, 6.07) is 3.60. The van der Waals surface area contributed by atoms with Crippen molar-refractivity contribution in [2.75, 3.05) is 0 Å². The highest BCUT2D eigenvalue weighted by Gasteiger charge is 2.15. The molecule has 0 aromatic carbocycles. The Bertz CT molecular complexity index is 434. The predicted octanol–water partition coefficient (Wildman–Crippen LogP) is 1.86. The molecule has 5 heteroatoms. The number of hydrogen-bond acceptors (Lipinski definition) is 5. The van der Waals surface area contributed by atoms with Crippen LogP contribution < -0.4 is 5.73 Å². The van der Waals surface area contributed by atoms with Crippen molar-refractivity contribution < 1.29 is 8.94 Å². The van der Waals surface area contributed by atoms with Gasteiger partial charge >= 0.3 is 0 Å². The standard InChI is InChI=1S/C11H15N3O2/c1-7(2)8(12)6-10-13-11(14-16-10)9-4-3-5-15-9/h3-5,7-8H,6,12H2,1-2H3. The molecule has 2 aromatic rings. The quantitative estimate of drug-likeness (QED) is 0.852. The summed E-state index contributed by atoms with van der Waals surface area (Å²) in [4.78, 5) is 4.22. The minimum atomic E-state index is 0.0323. The van der Waals surface area contributed by atoms with Gasteiger partial charge in [-0.05, 0) is 18.1 Å². The lowest BCUT2D eigenvalue weighted by Crippen LogP contribution is -2.28. The van der Waals surface area contributed by atoms with Gasteiger partial charge < -0.3 is 14.7 Å². The summed E-state index contributed by atoms with van der Waals surface area (Å²) in [5, 5.41) is 3.84. The highest BCUT2D eigenvalue weighted by atomic mass is 16.5. The van der Waals surface area contributed by atoms with Crippen LogP contribution in [0.15, 0.2) is 27.3 Å². The van der Waals surface area contributed by atoms with Gasteiger partial charge in [-0.2, -0.15) is 4.98 Å². The zero-order chi connectivity index (χ0) is 11.5. The third-order valence-corrected chi connectivity index (χ3v) is 2.48. The first-order valence-corrected chi connectivity index (χ1v) is 5.29. The molecule has 0 saturated carbocycles. The SMILES string of the molecule is CC(C)C(N)Cc1nc(-c2ccco2)no1. The maximum absolute atomic E-state index is 5.93. The van der Waals surface area contributed by atoms with E-state index >= 15 is 0 Å². The molecule has 0 radical (unpaired) electrons. The number of nitrogens with two attached hydrogens (primary N) is 1. The molecule has 5 nitrogen and oxygen atoms in total. The highest BCUT2D eigenvalue weighted by Crippen LogP contribution is 2.16. The van der Waals surface area contributed by atoms with Crippen molar-refractivity contribution in [1.29, 1.82) is 0 Å². The van der Waals surface area contributed by atoms with E-state index in [9.17, 15) is 0 Å². The Hall–Kier alpha value is -1.62. The molecule has 0 fully saturated rings. The van der Waals surface area contributed by atoms with E-state index in [1.165, 1.54) is 0 Å². The van der Waals surface area contributed by atoms with Crippen molar-refractivity contribution in [3.8, 4) is 11.6 Å². The normalized spacial score (nSPS) is 13.2. The number of nitrogens with zero attached hydrogens (tertiary/aromatic N) is 2. The number of rotatable bonds is 4. The molecule has 0 aliphatic rings. The van der Waals surface area contributed by atoms with Crippen LogP contribution in [0.3, 0.4) is 0 Å². The molecular weight excluding hydrogens is 206 g/mol. The maximum Gasteiger partial charge on any atom is 0.238 e. The second kappa shape index (κ2) is 4.49. The Balaban J connectivity index is 2.08. The average molecular weight is 221 g/mol. The van der Waals surface area contributed by atoms with Crippen molar-refractivity contribution in [3.05, 3.63) is 24.3 Å². The van der Waals surface area contributed by atoms with E-state index in [0.717, 1.165) is 0 Å². The molecule has 2 aromatic heterocycles. The second-order valence-electron chi connectivity index (χ2n) is 4.10. The molecule has 1 unspecified atom stereocenters. The Morgan fingerprint density at radius 1 is 1.44 bits per heavy atom. The molecular formula is C11H15N3O2. The van der Waals surface area contributed by atoms with Crippen molar-refractivity contribution >= 4 is 0 Å². The zero-order valence-electron chi connectivity index (χ0n) is 9.38. The van der Waals surface area contributed by atoms with Crippen LogP contribution in [0.1, 0.15) is 19.7 Å². The van der Waals surface area contributed by atoms with Crippen LogP contribution in [-0.2, 0) is 6.42 Å². The summed E-state index contributed by atoms with van der Waals surface area (Å²) in [7, 11) is 0. The van der Waals surface area contributed by atoms with Crippen LogP contribution in [-0.4, -0.2) is 16.2 Å². The zero-order valence-corrected chi connectivity index (χ0v) is 9.38. The smallest absolute Gasteiger partial charge is 0.238 e. The molecule has 0 aliphatic carbocycles. The van der Waals surface area contributed by atoms with Gasteiger partial charge in [0.05, 0.1) is 6.26 Å². The first-order valence-electron chi connectivity index (χ1n) is 5.29. The number of furan rings is 1. The van der Waals surface area contributed by atoms with Crippen molar-refractivity contribution in [2.45, 2.75) is 26.3 Å². The first-order chi connectivity index (χ1) is 7.66. The van der Waals surface area contributed by atoms with E-state index in [4.69, 9.17) is 14.7 Å². The van der Waals surface area contributed by atoms with Gasteiger partial charge in [0.25, 0.3) is 0 Å². The molecule has 1 atom stereocenters. The largest absolute Gasteiger partial charge is 0.461 e. The van der Waals surface area contributed by atoms with Crippen LogP contribution in [0, 0.1) is 5.92 Å². The Morgan fingerprint density at radius 2 is 2.25 bits per heavy atom. The average Bonchev–Trinajstić information content (AvgIpc) is 2.85.